The first-order valence-electron chi connectivity index (χ1n) is 5.36. The Hall–Kier alpha value is -1.13. The number of aromatic nitrogens is 1. The van der Waals surface area contributed by atoms with Crippen molar-refractivity contribution in [2.24, 2.45) is 5.73 Å². The Morgan fingerprint density at radius 1 is 1.44 bits per heavy atom. The number of ether oxygens (including phenoxy) is 2. The predicted octanol–water partition coefficient (Wildman–Crippen LogP) is 1.43. The molecule has 1 atom stereocenters. The molecular formula is C12H20N2O2. The second-order valence-corrected chi connectivity index (χ2v) is 4.00. The second-order valence-electron chi connectivity index (χ2n) is 4.00. The van der Waals surface area contributed by atoms with Crippen LogP contribution in [0.4, 0.5) is 0 Å². The van der Waals surface area contributed by atoms with Gasteiger partial charge in [0.1, 0.15) is 5.75 Å². The maximum absolute atomic E-state index is 5.85. The van der Waals surface area contributed by atoms with Gasteiger partial charge in [0.25, 0.3) is 0 Å². The molecule has 0 saturated heterocycles. The molecule has 0 bridgehead atoms. The van der Waals surface area contributed by atoms with Crippen LogP contribution in [0.2, 0.25) is 0 Å². The highest BCUT2D eigenvalue weighted by atomic mass is 16.5. The molecule has 0 radical (unpaired) electrons. The highest BCUT2D eigenvalue weighted by Crippen LogP contribution is 2.26. The minimum Gasteiger partial charge on any atom is -0.495 e. The largest absolute Gasteiger partial charge is 0.495 e. The van der Waals surface area contributed by atoms with Crippen LogP contribution < -0.4 is 10.5 Å². The lowest BCUT2D eigenvalue weighted by Gasteiger charge is -2.16. The molecule has 1 heterocycles. The molecule has 0 aliphatic rings. The van der Waals surface area contributed by atoms with Crippen molar-refractivity contribution in [3.8, 4) is 5.75 Å². The van der Waals surface area contributed by atoms with E-state index >= 15 is 0 Å². The van der Waals surface area contributed by atoms with E-state index in [0.29, 0.717) is 6.61 Å². The summed E-state index contributed by atoms with van der Waals surface area (Å²) in [6, 6.07) is 0.0892. The Morgan fingerprint density at radius 2 is 2.12 bits per heavy atom. The summed E-state index contributed by atoms with van der Waals surface area (Å²) < 4.78 is 10.5. The van der Waals surface area contributed by atoms with Crippen LogP contribution in [0.5, 0.6) is 5.75 Å². The fraction of sp³-hybridized carbons (Fsp3) is 0.583. The molecule has 0 unspecified atom stereocenters. The Labute approximate surface area is 96.8 Å². The quantitative estimate of drug-likeness (QED) is 0.822. The fourth-order valence-corrected chi connectivity index (χ4v) is 1.77. The molecule has 90 valence electrons. The normalized spacial score (nSPS) is 12.6. The Morgan fingerprint density at radius 3 is 2.62 bits per heavy atom. The van der Waals surface area contributed by atoms with Crippen LogP contribution in [0.25, 0.3) is 0 Å². The molecule has 0 saturated carbocycles. The van der Waals surface area contributed by atoms with Gasteiger partial charge in [-0.15, -0.1) is 0 Å². The zero-order valence-corrected chi connectivity index (χ0v) is 10.4. The van der Waals surface area contributed by atoms with Crippen molar-refractivity contribution in [2.45, 2.75) is 32.9 Å². The summed E-state index contributed by atoms with van der Waals surface area (Å²) in [5, 5.41) is 0. The van der Waals surface area contributed by atoms with Crippen molar-refractivity contribution in [3.05, 3.63) is 23.0 Å². The molecule has 0 aromatic carbocycles. The van der Waals surface area contributed by atoms with Crippen LogP contribution in [0.3, 0.4) is 0 Å². The number of hydrogen-bond donors (Lipinski definition) is 1. The first-order chi connectivity index (χ1) is 7.60. The van der Waals surface area contributed by atoms with Gasteiger partial charge in [-0.05, 0) is 20.3 Å². The molecule has 2 N–H and O–H groups in total. The molecule has 16 heavy (non-hydrogen) atoms. The number of methoxy groups -OCH3 is 2. The van der Waals surface area contributed by atoms with Crippen LogP contribution in [-0.4, -0.2) is 25.2 Å². The Bertz CT molecular complexity index is 351. The van der Waals surface area contributed by atoms with Gasteiger partial charge in [0.2, 0.25) is 0 Å². The highest BCUT2D eigenvalue weighted by Gasteiger charge is 2.14. The van der Waals surface area contributed by atoms with Gasteiger partial charge in [-0.25, -0.2) is 0 Å². The van der Waals surface area contributed by atoms with Crippen molar-refractivity contribution in [1.29, 1.82) is 0 Å². The molecule has 0 spiro atoms. The fourth-order valence-electron chi connectivity index (χ4n) is 1.77. The first kappa shape index (κ1) is 12.9. The maximum Gasteiger partial charge on any atom is 0.143 e. The van der Waals surface area contributed by atoms with Crippen LogP contribution in [0.1, 0.15) is 23.7 Å². The number of nitrogens with two attached hydrogens (primary N) is 1. The summed E-state index contributed by atoms with van der Waals surface area (Å²) in [6.45, 7) is 4.44. The summed E-state index contributed by atoms with van der Waals surface area (Å²) in [5.74, 6) is 0.826. The van der Waals surface area contributed by atoms with Gasteiger partial charge in [0, 0.05) is 30.5 Å². The topological polar surface area (TPSA) is 57.4 Å². The minimum atomic E-state index is 0.0892. The summed E-state index contributed by atoms with van der Waals surface area (Å²) in [7, 11) is 3.33. The lowest BCUT2D eigenvalue weighted by Crippen LogP contribution is -2.20. The molecule has 0 fully saturated rings. The molecule has 1 rings (SSSR count). The summed E-state index contributed by atoms with van der Waals surface area (Å²) in [4.78, 5) is 4.29. The van der Waals surface area contributed by atoms with Gasteiger partial charge in [-0.1, -0.05) is 0 Å². The minimum absolute atomic E-state index is 0.0892. The third kappa shape index (κ3) is 2.93. The molecule has 1 aromatic rings. The highest BCUT2D eigenvalue weighted by molar-refractivity contribution is 5.42. The molecule has 4 nitrogen and oxygen atoms in total. The van der Waals surface area contributed by atoms with E-state index in [4.69, 9.17) is 15.2 Å². The van der Waals surface area contributed by atoms with Crippen LogP contribution in [-0.2, 0) is 17.8 Å². The molecule has 1 aromatic heterocycles. The van der Waals surface area contributed by atoms with Crippen molar-refractivity contribution < 1.29 is 9.47 Å². The average Bonchev–Trinajstić information content (AvgIpc) is 2.22. The number of aryl methyl sites for hydroxylation is 1. The number of hydrogen-bond acceptors (Lipinski definition) is 4. The van der Waals surface area contributed by atoms with E-state index in [9.17, 15) is 0 Å². The lowest BCUT2D eigenvalue weighted by molar-refractivity contribution is 0.183. The third-order valence-electron chi connectivity index (χ3n) is 2.43. The smallest absolute Gasteiger partial charge is 0.143 e. The van der Waals surface area contributed by atoms with Crippen molar-refractivity contribution >= 4 is 0 Å². The molecule has 0 aliphatic carbocycles. The van der Waals surface area contributed by atoms with E-state index in [1.807, 2.05) is 20.0 Å². The van der Waals surface area contributed by atoms with Crippen LogP contribution in [0, 0.1) is 6.92 Å². The van der Waals surface area contributed by atoms with E-state index in [1.165, 1.54) is 0 Å². The number of rotatable bonds is 5. The first-order valence-corrected chi connectivity index (χ1v) is 5.36. The second kappa shape index (κ2) is 5.82. The summed E-state index contributed by atoms with van der Waals surface area (Å²) >= 11 is 0. The van der Waals surface area contributed by atoms with E-state index in [1.54, 1.807) is 14.2 Å². The molecule has 0 amide bonds. The van der Waals surface area contributed by atoms with E-state index < -0.39 is 0 Å². The predicted molar refractivity (Wildman–Crippen MR) is 63.6 cm³/mol. The Balaban J connectivity index is 3.17. The zero-order chi connectivity index (χ0) is 12.1. The van der Waals surface area contributed by atoms with Crippen LogP contribution in [0.15, 0.2) is 6.20 Å². The molecule has 0 aliphatic heterocycles. The summed E-state index contributed by atoms with van der Waals surface area (Å²) in [5.41, 5.74) is 8.88. The van der Waals surface area contributed by atoms with Gasteiger partial charge < -0.3 is 15.2 Å². The number of pyridine rings is 1. The van der Waals surface area contributed by atoms with Gasteiger partial charge in [0.15, 0.2) is 0 Å². The van der Waals surface area contributed by atoms with Crippen molar-refractivity contribution in [2.75, 3.05) is 14.2 Å². The lowest BCUT2D eigenvalue weighted by atomic mass is 10.0. The van der Waals surface area contributed by atoms with E-state index in [2.05, 4.69) is 4.98 Å². The standard InChI is InChI=1S/C12H20N2O2/c1-8(13)5-11-10(7-15-3)6-14-9(2)12(11)16-4/h6,8H,5,7,13H2,1-4H3/t8-/m1/s1. The summed E-state index contributed by atoms with van der Waals surface area (Å²) in [6.07, 6.45) is 2.60. The average molecular weight is 224 g/mol. The van der Waals surface area contributed by atoms with Crippen molar-refractivity contribution in [3.63, 3.8) is 0 Å². The van der Waals surface area contributed by atoms with E-state index in [-0.39, 0.29) is 6.04 Å². The van der Waals surface area contributed by atoms with E-state index in [0.717, 1.165) is 29.0 Å². The third-order valence-corrected chi connectivity index (χ3v) is 2.43. The SMILES string of the molecule is COCc1cnc(C)c(OC)c1C[C@@H](C)N. The van der Waals surface area contributed by atoms with Gasteiger partial charge in [-0.2, -0.15) is 0 Å². The van der Waals surface area contributed by atoms with Gasteiger partial charge in [0.05, 0.1) is 19.4 Å². The molecular weight excluding hydrogens is 204 g/mol. The Kier molecular flexibility index (Phi) is 4.71. The molecule has 4 heteroatoms. The maximum atomic E-state index is 5.85. The van der Waals surface area contributed by atoms with Crippen molar-refractivity contribution in [1.82, 2.24) is 4.98 Å². The monoisotopic (exact) mass is 224 g/mol. The zero-order valence-electron chi connectivity index (χ0n) is 10.4. The van der Waals surface area contributed by atoms with Gasteiger partial charge >= 0.3 is 0 Å². The van der Waals surface area contributed by atoms with Crippen LogP contribution >= 0.6 is 0 Å². The van der Waals surface area contributed by atoms with Gasteiger partial charge in [-0.3, -0.25) is 4.98 Å². The number of nitrogens with zero attached hydrogens (tertiary/aromatic N) is 1.